The van der Waals surface area contributed by atoms with E-state index in [-0.39, 0.29) is 5.56 Å². The van der Waals surface area contributed by atoms with Gasteiger partial charge in [0.15, 0.2) is 0 Å². The van der Waals surface area contributed by atoms with Crippen molar-refractivity contribution in [3.8, 4) is 5.75 Å². The zero-order valence-electron chi connectivity index (χ0n) is 12.7. The number of carbonyl (C=O) groups is 1. The van der Waals surface area contributed by atoms with Crippen LogP contribution in [0.25, 0.3) is 0 Å². The number of hydrogen-bond donors (Lipinski definition) is 2. The third-order valence-corrected chi connectivity index (χ3v) is 4.56. The summed E-state index contributed by atoms with van der Waals surface area (Å²) in [6.07, 6.45) is 6.66. The molecule has 0 heterocycles. The van der Waals surface area contributed by atoms with E-state index in [2.05, 4.69) is 12.2 Å². The Morgan fingerprint density at radius 2 is 1.95 bits per heavy atom. The summed E-state index contributed by atoms with van der Waals surface area (Å²) in [7, 11) is 0. The molecule has 0 radical (unpaired) electrons. The molecule has 0 spiro atoms. The normalized spacial score (nSPS) is 16.8. The second kappa shape index (κ2) is 7.46. The van der Waals surface area contributed by atoms with Gasteiger partial charge in [-0.1, -0.05) is 19.8 Å². The molecule has 0 amide bonds. The molecule has 1 aromatic carbocycles. The summed E-state index contributed by atoms with van der Waals surface area (Å²) in [5.74, 6) is -0.197. The molecule has 0 bridgehead atoms. The fourth-order valence-corrected chi connectivity index (χ4v) is 3.07. The van der Waals surface area contributed by atoms with Crippen molar-refractivity contribution in [2.24, 2.45) is 5.41 Å². The monoisotopic (exact) mass is 291 g/mol. The number of carboxylic acids is 1. The van der Waals surface area contributed by atoms with E-state index in [1.54, 1.807) is 24.3 Å². The van der Waals surface area contributed by atoms with Crippen molar-refractivity contribution in [1.82, 2.24) is 5.32 Å². The highest BCUT2D eigenvalue weighted by molar-refractivity contribution is 5.87. The quantitative estimate of drug-likeness (QED) is 0.721. The first-order valence-electron chi connectivity index (χ1n) is 7.82. The maximum atomic E-state index is 10.7. The first kappa shape index (κ1) is 15.8. The SMILES string of the molecule is CCC1(CNCCOc2ccc(C(=O)O)cc2)CCCC1. The van der Waals surface area contributed by atoms with Gasteiger partial charge in [0.25, 0.3) is 0 Å². The van der Waals surface area contributed by atoms with Gasteiger partial charge >= 0.3 is 5.97 Å². The Hall–Kier alpha value is -1.55. The average Bonchev–Trinajstić information content (AvgIpc) is 2.97. The van der Waals surface area contributed by atoms with E-state index in [1.807, 2.05) is 0 Å². The number of ether oxygens (including phenoxy) is 1. The summed E-state index contributed by atoms with van der Waals surface area (Å²) in [5.41, 5.74) is 0.787. The van der Waals surface area contributed by atoms with E-state index in [4.69, 9.17) is 9.84 Å². The Kier molecular flexibility index (Phi) is 5.62. The topological polar surface area (TPSA) is 58.6 Å². The predicted molar refractivity (Wildman–Crippen MR) is 83.0 cm³/mol. The first-order valence-corrected chi connectivity index (χ1v) is 7.82. The van der Waals surface area contributed by atoms with Gasteiger partial charge in [-0.3, -0.25) is 0 Å². The highest BCUT2D eigenvalue weighted by Crippen LogP contribution is 2.40. The number of nitrogens with one attached hydrogen (secondary N) is 1. The van der Waals surface area contributed by atoms with Gasteiger partial charge in [0.1, 0.15) is 12.4 Å². The van der Waals surface area contributed by atoms with Gasteiger partial charge < -0.3 is 15.2 Å². The third-order valence-electron chi connectivity index (χ3n) is 4.56. The standard InChI is InChI=1S/C17H25NO3/c1-2-17(9-3-4-10-17)13-18-11-12-21-15-7-5-14(6-8-15)16(19)20/h5-8,18H,2-4,9-13H2,1H3,(H,19,20). The van der Waals surface area contributed by atoms with Gasteiger partial charge in [0, 0.05) is 13.1 Å². The molecule has 0 aliphatic heterocycles. The van der Waals surface area contributed by atoms with Gasteiger partial charge in [-0.2, -0.15) is 0 Å². The van der Waals surface area contributed by atoms with Gasteiger partial charge in [-0.05, 0) is 48.9 Å². The Morgan fingerprint density at radius 3 is 2.52 bits per heavy atom. The van der Waals surface area contributed by atoms with Crippen molar-refractivity contribution in [3.63, 3.8) is 0 Å². The van der Waals surface area contributed by atoms with E-state index in [9.17, 15) is 4.79 Å². The van der Waals surface area contributed by atoms with Crippen molar-refractivity contribution < 1.29 is 14.6 Å². The molecule has 1 fully saturated rings. The Balaban J connectivity index is 1.66. The van der Waals surface area contributed by atoms with E-state index in [1.165, 1.54) is 32.1 Å². The zero-order valence-corrected chi connectivity index (χ0v) is 12.7. The lowest BCUT2D eigenvalue weighted by atomic mass is 9.83. The molecule has 2 N–H and O–H groups in total. The Morgan fingerprint density at radius 1 is 1.29 bits per heavy atom. The van der Waals surface area contributed by atoms with Crippen LogP contribution in [0.4, 0.5) is 0 Å². The summed E-state index contributed by atoms with van der Waals surface area (Å²) in [5, 5.41) is 12.3. The molecule has 4 nitrogen and oxygen atoms in total. The highest BCUT2D eigenvalue weighted by atomic mass is 16.5. The molecule has 1 saturated carbocycles. The molecule has 2 rings (SSSR count). The lowest BCUT2D eigenvalue weighted by Gasteiger charge is -2.27. The number of rotatable bonds is 8. The molecular formula is C17H25NO3. The van der Waals surface area contributed by atoms with Crippen LogP contribution in [0.15, 0.2) is 24.3 Å². The Labute approximate surface area is 126 Å². The number of hydrogen-bond acceptors (Lipinski definition) is 3. The molecule has 1 aliphatic carbocycles. The maximum absolute atomic E-state index is 10.7. The van der Waals surface area contributed by atoms with Crippen LogP contribution in [-0.4, -0.2) is 30.8 Å². The second-order valence-corrected chi connectivity index (χ2v) is 5.92. The molecule has 21 heavy (non-hydrogen) atoms. The summed E-state index contributed by atoms with van der Waals surface area (Å²) in [6, 6.07) is 6.54. The Bertz CT molecular complexity index is 450. The fraction of sp³-hybridized carbons (Fsp3) is 0.588. The third kappa shape index (κ3) is 4.46. The first-order chi connectivity index (χ1) is 10.2. The highest BCUT2D eigenvalue weighted by Gasteiger charge is 2.31. The van der Waals surface area contributed by atoms with Crippen LogP contribution < -0.4 is 10.1 Å². The lowest BCUT2D eigenvalue weighted by Crippen LogP contribution is -2.33. The molecule has 1 aliphatic rings. The van der Waals surface area contributed by atoms with Crippen molar-refractivity contribution in [2.75, 3.05) is 19.7 Å². The fourth-order valence-electron chi connectivity index (χ4n) is 3.07. The van der Waals surface area contributed by atoms with Crippen LogP contribution in [0.1, 0.15) is 49.4 Å². The molecule has 4 heteroatoms. The molecular weight excluding hydrogens is 266 g/mol. The van der Waals surface area contributed by atoms with Gasteiger partial charge in [0.05, 0.1) is 5.56 Å². The summed E-state index contributed by atoms with van der Waals surface area (Å²) >= 11 is 0. The van der Waals surface area contributed by atoms with E-state index in [0.29, 0.717) is 17.8 Å². The minimum atomic E-state index is -0.912. The van der Waals surface area contributed by atoms with Crippen LogP contribution in [0.2, 0.25) is 0 Å². The van der Waals surface area contributed by atoms with Crippen LogP contribution in [0, 0.1) is 5.41 Å². The molecule has 1 aromatic rings. The molecule has 0 saturated heterocycles. The lowest BCUT2D eigenvalue weighted by molar-refractivity contribution is 0.0697. The smallest absolute Gasteiger partial charge is 0.335 e. The van der Waals surface area contributed by atoms with Crippen LogP contribution in [0.3, 0.4) is 0 Å². The van der Waals surface area contributed by atoms with Crippen molar-refractivity contribution in [2.45, 2.75) is 39.0 Å². The van der Waals surface area contributed by atoms with E-state index in [0.717, 1.165) is 13.1 Å². The largest absolute Gasteiger partial charge is 0.492 e. The number of benzene rings is 1. The van der Waals surface area contributed by atoms with Crippen LogP contribution >= 0.6 is 0 Å². The van der Waals surface area contributed by atoms with Gasteiger partial charge in [0.2, 0.25) is 0 Å². The summed E-state index contributed by atoms with van der Waals surface area (Å²) in [4.78, 5) is 10.7. The molecule has 0 unspecified atom stereocenters. The van der Waals surface area contributed by atoms with Crippen LogP contribution in [-0.2, 0) is 0 Å². The summed E-state index contributed by atoms with van der Waals surface area (Å²) < 4.78 is 5.62. The molecule has 0 atom stereocenters. The predicted octanol–water partition coefficient (Wildman–Crippen LogP) is 3.32. The van der Waals surface area contributed by atoms with Gasteiger partial charge in [-0.15, -0.1) is 0 Å². The molecule has 0 aromatic heterocycles. The van der Waals surface area contributed by atoms with Crippen LogP contribution in [0.5, 0.6) is 5.75 Å². The maximum Gasteiger partial charge on any atom is 0.335 e. The van der Waals surface area contributed by atoms with Crippen molar-refractivity contribution in [1.29, 1.82) is 0 Å². The molecule has 116 valence electrons. The number of carboxylic acid groups (broad SMARTS) is 1. The van der Waals surface area contributed by atoms with E-state index >= 15 is 0 Å². The van der Waals surface area contributed by atoms with Crippen molar-refractivity contribution >= 4 is 5.97 Å². The van der Waals surface area contributed by atoms with E-state index < -0.39 is 5.97 Å². The van der Waals surface area contributed by atoms with Crippen molar-refractivity contribution in [3.05, 3.63) is 29.8 Å². The second-order valence-electron chi connectivity index (χ2n) is 5.92. The summed E-state index contributed by atoms with van der Waals surface area (Å²) in [6.45, 7) is 4.78. The zero-order chi connectivity index (χ0) is 15.1. The minimum Gasteiger partial charge on any atom is -0.492 e. The van der Waals surface area contributed by atoms with Gasteiger partial charge in [-0.25, -0.2) is 4.79 Å². The minimum absolute atomic E-state index is 0.284. The number of aromatic carboxylic acids is 1. The average molecular weight is 291 g/mol.